The molecule has 146 valence electrons. The fraction of sp³-hybridized carbons (Fsp3) is 0.619. The highest BCUT2D eigenvalue weighted by Crippen LogP contribution is 2.44. The lowest BCUT2D eigenvalue weighted by Crippen LogP contribution is -2.45. The van der Waals surface area contributed by atoms with E-state index in [1.54, 1.807) is 4.90 Å². The molecule has 0 saturated carbocycles. The number of amides is 1. The largest absolute Gasteiger partial charge is 0.481 e. The summed E-state index contributed by atoms with van der Waals surface area (Å²) in [6.45, 7) is 7.54. The lowest BCUT2D eigenvalue weighted by atomic mass is 9.81. The minimum absolute atomic E-state index is 0.00749. The Hall–Kier alpha value is -1.92. The zero-order valence-electron chi connectivity index (χ0n) is 16.1. The monoisotopic (exact) mass is 372 g/mol. The van der Waals surface area contributed by atoms with E-state index < -0.39 is 11.4 Å². The number of carbonyl (C=O) groups excluding carboxylic acids is 1. The zero-order chi connectivity index (χ0) is 19.2. The Bertz CT molecular complexity index is 759. The van der Waals surface area contributed by atoms with Crippen molar-refractivity contribution in [3.63, 3.8) is 0 Å². The Morgan fingerprint density at radius 2 is 1.89 bits per heavy atom. The van der Waals surface area contributed by atoms with Crippen molar-refractivity contribution in [2.75, 3.05) is 39.4 Å². The van der Waals surface area contributed by atoms with Crippen molar-refractivity contribution in [1.82, 2.24) is 9.80 Å². The highest BCUT2D eigenvalue weighted by molar-refractivity contribution is 5.96. The summed E-state index contributed by atoms with van der Waals surface area (Å²) in [6.07, 6.45) is 1.93. The SMILES string of the molecule is Cc1ccc(C)c(C(=O)N2C[C@H]3CN(C4CCOCC4)C[C@@]3(C(=O)O)C2)c1. The van der Waals surface area contributed by atoms with Gasteiger partial charge in [0, 0.05) is 56.9 Å². The van der Waals surface area contributed by atoms with Gasteiger partial charge in [-0.05, 0) is 38.3 Å². The molecule has 3 aliphatic rings. The number of aliphatic carboxylic acids is 1. The number of benzene rings is 1. The van der Waals surface area contributed by atoms with Crippen LogP contribution in [0.25, 0.3) is 0 Å². The van der Waals surface area contributed by atoms with Crippen LogP contribution in [0.5, 0.6) is 0 Å². The average Bonchev–Trinajstić information content (AvgIpc) is 3.19. The second-order valence-corrected chi connectivity index (χ2v) is 8.44. The summed E-state index contributed by atoms with van der Waals surface area (Å²) in [5.41, 5.74) is 1.83. The van der Waals surface area contributed by atoms with Gasteiger partial charge < -0.3 is 14.7 Å². The normalized spacial score (nSPS) is 29.1. The summed E-state index contributed by atoms with van der Waals surface area (Å²) in [5, 5.41) is 10.1. The molecule has 0 bridgehead atoms. The van der Waals surface area contributed by atoms with E-state index in [4.69, 9.17) is 4.74 Å². The predicted octanol–water partition coefficient (Wildman–Crippen LogP) is 1.94. The van der Waals surface area contributed by atoms with Crippen molar-refractivity contribution in [2.24, 2.45) is 11.3 Å². The Balaban J connectivity index is 1.54. The molecule has 1 aromatic rings. The minimum atomic E-state index is -0.842. The third-order valence-electron chi connectivity index (χ3n) is 6.68. The molecular formula is C21H28N2O4. The highest BCUT2D eigenvalue weighted by Gasteiger charge is 2.59. The predicted molar refractivity (Wildman–Crippen MR) is 101 cm³/mol. The Kier molecular flexibility index (Phi) is 4.72. The molecule has 1 N–H and O–H groups in total. The summed E-state index contributed by atoms with van der Waals surface area (Å²) < 4.78 is 5.45. The second-order valence-electron chi connectivity index (χ2n) is 8.44. The quantitative estimate of drug-likeness (QED) is 0.878. The van der Waals surface area contributed by atoms with Crippen LogP contribution < -0.4 is 0 Å². The van der Waals surface area contributed by atoms with Crippen molar-refractivity contribution in [3.05, 3.63) is 34.9 Å². The number of ether oxygens (including phenoxy) is 1. The summed E-state index contributed by atoms with van der Waals surface area (Å²) >= 11 is 0. The fourth-order valence-electron chi connectivity index (χ4n) is 5.03. The Morgan fingerprint density at radius 1 is 1.15 bits per heavy atom. The van der Waals surface area contributed by atoms with Crippen LogP contribution in [0.15, 0.2) is 18.2 Å². The number of aryl methyl sites for hydroxylation is 2. The molecule has 1 aromatic carbocycles. The molecule has 0 unspecified atom stereocenters. The maximum Gasteiger partial charge on any atom is 0.313 e. The van der Waals surface area contributed by atoms with E-state index in [1.165, 1.54) is 0 Å². The lowest BCUT2D eigenvalue weighted by Gasteiger charge is -2.33. The van der Waals surface area contributed by atoms with E-state index >= 15 is 0 Å². The van der Waals surface area contributed by atoms with Crippen LogP contribution >= 0.6 is 0 Å². The topological polar surface area (TPSA) is 70.1 Å². The number of carbonyl (C=O) groups is 2. The van der Waals surface area contributed by atoms with Gasteiger partial charge in [-0.3, -0.25) is 14.5 Å². The molecule has 4 rings (SSSR count). The molecule has 0 spiro atoms. The van der Waals surface area contributed by atoms with Crippen LogP contribution in [-0.4, -0.2) is 72.2 Å². The molecule has 0 radical (unpaired) electrons. The van der Waals surface area contributed by atoms with Gasteiger partial charge in [0.15, 0.2) is 0 Å². The minimum Gasteiger partial charge on any atom is -0.481 e. The number of hydrogen-bond donors (Lipinski definition) is 1. The average molecular weight is 372 g/mol. The van der Waals surface area contributed by atoms with Gasteiger partial charge in [-0.1, -0.05) is 17.7 Å². The molecule has 3 heterocycles. The molecule has 27 heavy (non-hydrogen) atoms. The highest BCUT2D eigenvalue weighted by atomic mass is 16.5. The Morgan fingerprint density at radius 3 is 2.56 bits per heavy atom. The number of carboxylic acid groups (broad SMARTS) is 1. The van der Waals surface area contributed by atoms with Gasteiger partial charge in [-0.25, -0.2) is 0 Å². The van der Waals surface area contributed by atoms with Crippen molar-refractivity contribution in [3.8, 4) is 0 Å². The number of rotatable bonds is 3. The van der Waals surface area contributed by atoms with E-state index in [2.05, 4.69) is 4.90 Å². The van der Waals surface area contributed by atoms with Gasteiger partial charge in [0.1, 0.15) is 5.41 Å². The molecule has 3 saturated heterocycles. The van der Waals surface area contributed by atoms with Crippen molar-refractivity contribution in [1.29, 1.82) is 0 Å². The van der Waals surface area contributed by atoms with E-state index in [-0.39, 0.29) is 11.8 Å². The second kappa shape index (κ2) is 6.91. The van der Waals surface area contributed by atoms with E-state index in [1.807, 2.05) is 32.0 Å². The molecular weight excluding hydrogens is 344 g/mol. The molecule has 0 aromatic heterocycles. The van der Waals surface area contributed by atoms with Crippen molar-refractivity contribution in [2.45, 2.75) is 32.7 Å². The third-order valence-corrected chi connectivity index (χ3v) is 6.68. The van der Waals surface area contributed by atoms with Gasteiger partial charge >= 0.3 is 5.97 Å². The summed E-state index contributed by atoms with van der Waals surface area (Å²) in [4.78, 5) is 29.5. The van der Waals surface area contributed by atoms with Crippen LogP contribution in [0.3, 0.4) is 0 Å². The molecule has 0 aliphatic carbocycles. The van der Waals surface area contributed by atoms with Gasteiger partial charge in [0.2, 0.25) is 0 Å². The molecule has 2 atom stereocenters. The number of carboxylic acids is 1. The van der Waals surface area contributed by atoms with Gasteiger partial charge in [0.05, 0.1) is 0 Å². The number of fused-ring (bicyclic) bond motifs is 1. The fourth-order valence-corrected chi connectivity index (χ4v) is 5.03. The van der Waals surface area contributed by atoms with Crippen molar-refractivity contribution >= 4 is 11.9 Å². The van der Waals surface area contributed by atoms with Crippen LogP contribution in [0.1, 0.15) is 34.3 Å². The first-order valence-corrected chi connectivity index (χ1v) is 9.82. The molecule has 3 fully saturated rings. The smallest absolute Gasteiger partial charge is 0.313 e. The van der Waals surface area contributed by atoms with Gasteiger partial charge in [0.25, 0.3) is 5.91 Å². The summed E-state index contributed by atoms with van der Waals surface area (Å²) in [7, 11) is 0. The first-order chi connectivity index (χ1) is 12.9. The molecule has 1 amide bonds. The Labute approximate surface area is 160 Å². The van der Waals surface area contributed by atoms with Gasteiger partial charge in [-0.2, -0.15) is 0 Å². The van der Waals surface area contributed by atoms with Crippen LogP contribution in [0.2, 0.25) is 0 Å². The first kappa shape index (κ1) is 18.4. The first-order valence-electron chi connectivity index (χ1n) is 9.82. The van der Waals surface area contributed by atoms with Crippen LogP contribution in [0.4, 0.5) is 0 Å². The molecule has 3 aliphatic heterocycles. The maximum absolute atomic E-state index is 13.1. The van der Waals surface area contributed by atoms with E-state index in [0.29, 0.717) is 31.2 Å². The standard InChI is InChI=1S/C21H28N2O4/c1-14-3-4-15(2)18(9-14)19(24)23-11-16-10-22(17-5-7-27-8-6-17)12-21(16,13-23)20(25)26/h3-4,9,16-17H,5-8,10-13H2,1-2H3,(H,25,26)/t16-,21-/m1/s1. The van der Waals surface area contributed by atoms with Gasteiger partial charge in [-0.15, -0.1) is 0 Å². The zero-order valence-corrected chi connectivity index (χ0v) is 16.1. The van der Waals surface area contributed by atoms with Crippen LogP contribution in [0, 0.1) is 25.2 Å². The number of likely N-dealkylation sites (tertiary alicyclic amines) is 2. The number of hydrogen-bond acceptors (Lipinski definition) is 4. The van der Waals surface area contributed by atoms with Crippen LogP contribution in [-0.2, 0) is 9.53 Å². The summed E-state index contributed by atoms with van der Waals surface area (Å²) in [5.74, 6) is -0.811. The van der Waals surface area contributed by atoms with E-state index in [9.17, 15) is 14.7 Å². The molecule has 6 nitrogen and oxygen atoms in total. The molecule has 6 heteroatoms. The van der Waals surface area contributed by atoms with E-state index in [0.717, 1.165) is 43.7 Å². The number of nitrogens with zero attached hydrogens (tertiary/aromatic N) is 2. The third kappa shape index (κ3) is 3.15. The van der Waals surface area contributed by atoms with Crippen molar-refractivity contribution < 1.29 is 19.4 Å². The maximum atomic E-state index is 13.1. The summed E-state index contributed by atoms with van der Waals surface area (Å²) in [6, 6.07) is 6.27. The lowest BCUT2D eigenvalue weighted by molar-refractivity contribution is -0.148.